The molecule has 1 aliphatic heterocycles. The van der Waals surface area contributed by atoms with Crippen LogP contribution in [0.3, 0.4) is 0 Å². The zero-order valence-electron chi connectivity index (χ0n) is 12.6. The van der Waals surface area contributed by atoms with Crippen molar-refractivity contribution in [1.82, 2.24) is 0 Å². The Labute approximate surface area is 142 Å². The van der Waals surface area contributed by atoms with E-state index in [1.54, 1.807) is 18.2 Å². The predicted octanol–water partition coefficient (Wildman–Crippen LogP) is 3.55. The van der Waals surface area contributed by atoms with Gasteiger partial charge < -0.3 is 19.5 Å². The van der Waals surface area contributed by atoms with Gasteiger partial charge in [0.1, 0.15) is 19.0 Å². The van der Waals surface area contributed by atoms with Gasteiger partial charge in [-0.2, -0.15) is 0 Å². The molecule has 0 saturated heterocycles. The Morgan fingerprint density at radius 3 is 2.74 bits per heavy atom. The van der Waals surface area contributed by atoms with Crippen molar-refractivity contribution < 1.29 is 19.0 Å². The van der Waals surface area contributed by atoms with Crippen LogP contribution in [0.2, 0.25) is 0 Å². The van der Waals surface area contributed by atoms with E-state index in [1.807, 2.05) is 25.1 Å². The van der Waals surface area contributed by atoms with Crippen molar-refractivity contribution in [3.8, 4) is 17.2 Å². The van der Waals surface area contributed by atoms with Crippen LogP contribution in [0.25, 0.3) is 0 Å². The van der Waals surface area contributed by atoms with Crippen molar-refractivity contribution >= 4 is 27.5 Å². The predicted molar refractivity (Wildman–Crippen MR) is 90.4 cm³/mol. The Morgan fingerprint density at radius 1 is 1.17 bits per heavy atom. The summed E-state index contributed by atoms with van der Waals surface area (Å²) in [5, 5.41) is 2.78. The van der Waals surface area contributed by atoms with Crippen molar-refractivity contribution in [1.29, 1.82) is 0 Å². The van der Waals surface area contributed by atoms with E-state index in [0.29, 0.717) is 36.1 Å². The molecular formula is C17H16BrNO4. The maximum atomic E-state index is 12.0. The smallest absolute Gasteiger partial charge is 0.262 e. The van der Waals surface area contributed by atoms with Crippen molar-refractivity contribution in [2.24, 2.45) is 0 Å². The van der Waals surface area contributed by atoms with Gasteiger partial charge in [0.05, 0.1) is 4.47 Å². The first kappa shape index (κ1) is 15.7. The van der Waals surface area contributed by atoms with Crippen molar-refractivity contribution in [2.75, 3.05) is 25.1 Å². The number of rotatable bonds is 4. The van der Waals surface area contributed by atoms with E-state index in [2.05, 4.69) is 21.2 Å². The average molecular weight is 378 g/mol. The molecule has 1 N–H and O–H groups in total. The first-order valence-corrected chi connectivity index (χ1v) is 7.99. The topological polar surface area (TPSA) is 56.8 Å². The van der Waals surface area contributed by atoms with Gasteiger partial charge in [0.25, 0.3) is 5.91 Å². The summed E-state index contributed by atoms with van der Waals surface area (Å²) in [4.78, 5) is 12.0. The largest absolute Gasteiger partial charge is 0.486 e. The number of hydrogen-bond acceptors (Lipinski definition) is 4. The molecule has 6 heteroatoms. The fourth-order valence-electron chi connectivity index (χ4n) is 2.18. The fourth-order valence-corrected chi connectivity index (χ4v) is 2.79. The second-order valence-corrected chi connectivity index (χ2v) is 5.98. The number of benzene rings is 2. The maximum absolute atomic E-state index is 12.0. The molecule has 23 heavy (non-hydrogen) atoms. The molecule has 0 aliphatic carbocycles. The number of halogens is 1. The van der Waals surface area contributed by atoms with E-state index in [0.717, 1.165) is 10.0 Å². The van der Waals surface area contributed by atoms with Gasteiger partial charge in [-0.1, -0.05) is 6.07 Å². The van der Waals surface area contributed by atoms with Crippen LogP contribution in [0.15, 0.2) is 40.9 Å². The van der Waals surface area contributed by atoms with Crippen LogP contribution in [0.5, 0.6) is 17.2 Å². The van der Waals surface area contributed by atoms with Gasteiger partial charge in [-0.15, -0.1) is 0 Å². The lowest BCUT2D eigenvalue weighted by Gasteiger charge is -2.19. The number of ether oxygens (including phenoxy) is 3. The molecule has 3 rings (SSSR count). The number of fused-ring (bicyclic) bond motifs is 1. The molecule has 0 saturated carbocycles. The molecule has 0 radical (unpaired) electrons. The van der Waals surface area contributed by atoms with Gasteiger partial charge in [-0.3, -0.25) is 4.79 Å². The zero-order chi connectivity index (χ0) is 16.2. The molecule has 2 aromatic carbocycles. The minimum Gasteiger partial charge on any atom is -0.486 e. The van der Waals surface area contributed by atoms with Gasteiger partial charge in [-0.25, -0.2) is 0 Å². The quantitative estimate of drug-likeness (QED) is 0.884. The van der Waals surface area contributed by atoms with E-state index < -0.39 is 0 Å². The van der Waals surface area contributed by atoms with Crippen molar-refractivity contribution in [3.05, 3.63) is 46.4 Å². The number of hydrogen-bond donors (Lipinski definition) is 1. The number of carbonyl (C=O) groups excluding carboxylic acids is 1. The summed E-state index contributed by atoms with van der Waals surface area (Å²) in [7, 11) is 0. The van der Waals surface area contributed by atoms with Gasteiger partial charge in [0, 0.05) is 11.8 Å². The Bertz CT molecular complexity index is 733. The summed E-state index contributed by atoms with van der Waals surface area (Å²) in [5.74, 6) is 1.72. The second kappa shape index (κ2) is 6.91. The van der Waals surface area contributed by atoms with Crippen LogP contribution in [-0.2, 0) is 4.79 Å². The minimum absolute atomic E-state index is 0.0733. The Kier molecular flexibility index (Phi) is 4.71. The fraction of sp³-hybridized carbons (Fsp3) is 0.235. The Morgan fingerprint density at radius 2 is 1.96 bits per heavy atom. The lowest BCUT2D eigenvalue weighted by molar-refractivity contribution is -0.118. The molecule has 5 nitrogen and oxygen atoms in total. The Balaban J connectivity index is 1.59. The van der Waals surface area contributed by atoms with Crippen LogP contribution in [0.1, 0.15) is 5.56 Å². The molecule has 0 aromatic heterocycles. The van der Waals surface area contributed by atoms with E-state index in [9.17, 15) is 4.79 Å². The highest BCUT2D eigenvalue weighted by Crippen LogP contribution is 2.32. The van der Waals surface area contributed by atoms with Crippen molar-refractivity contribution in [2.45, 2.75) is 6.92 Å². The third-order valence-corrected chi connectivity index (χ3v) is 3.89. The number of amides is 1. The van der Waals surface area contributed by atoms with E-state index >= 15 is 0 Å². The lowest BCUT2D eigenvalue weighted by atomic mass is 10.2. The zero-order valence-corrected chi connectivity index (χ0v) is 14.2. The van der Waals surface area contributed by atoms with Crippen LogP contribution in [-0.4, -0.2) is 25.7 Å². The summed E-state index contributed by atoms with van der Waals surface area (Å²) in [6.45, 7) is 2.96. The first-order chi connectivity index (χ1) is 11.1. The molecule has 2 aromatic rings. The molecule has 0 fully saturated rings. The van der Waals surface area contributed by atoms with E-state index in [1.165, 1.54) is 0 Å². The number of aryl methyl sites for hydroxylation is 1. The van der Waals surface area contributed by atoms with Gasteiger partial charge in [-0.05, 0) is 52.7 Å². The minimum atomic E-state index is -0.242. The van der Waals surface area contributed by atoms with E-state index in [-0.39, 0.29) is 12.5 Å². The highest BCUT2D eigenvalue weighted by Gasteiger charge is 2.13. The number of nitrogens with one attached hydrogen (secondary N) is 1. The monoisotopic (exact) mass is 377 g/mol. The highest BCUT2D eigenvalue weighted by atomic mass is 79.9. The van der Waals surface area contributed by atoms with Crippen molar-refractivity contribution in [3.63, 3.8) is 0 Å². The van der Waals surface area contributed by atoms with Crippen LogP contribution in [0, 0.1) is 6.92 Å². The number of carbonyl (C=O) groups is 1. The Hall–Kier alpha value is -2.21. The molecule has 1 heterocycles. The summed E-state index contributed by atoms with van der Waals surface area (Å²) in [6, 6.07) is 11.0. The molecule has 0 unspecified atom stereocenters. The first-order valence-electron chi connectivity index (χ1n) is 7.20. The molecule has 0 bridgehead atoms. The SMILES string of the molecule is Cc1ccc(OCC(=O)Nc2ccc3c(c2)OCCO3)c(Br)c1. The summed E-state index contributed by atoms with van der Waals surface area (Å²) in [5.41, 5.74) is 1.76. The standard InChI is InChI=1S/C17H16BrNO4/c1-11-2-4-14(13(18)8-11)23-10-17(20)19-12-3-5-15-16(9-12)22-7-6-21-15/h2-5,8-9H,6-7,10H2,1H3,(H,19,20). The van der Waals surface area contributed by atoms with Gasteiger partial charge in [0.15, 0.2) is 18.1 Å². The summed E-state index contributed by atoms with van der Waals surface area (Å²) in [6.07, 6.45) is 0. The molecule has 0 atom stereocenters. The second-order valence-electron chi connectivity index (χ2n) is 5.13. The maximum Gasteiger partial charge on any atom is 0.262 e. The van der Waals surface area contributed by atoms with Crippen LogP contribution < -0.4 is 19.5 Å². The van der Waals surface area contributed by atoms with Gasteiger partial charge in [0.2, 0.25) is 0 Å². The normalized spacial score (nSPS) is 12.6. The highest BCUT2D eigenvalue weighted by molar-refractivity contribution is 9.10. The average Bonchev–Trinajstić information content (AvgIpc) is 2.54. The molecular weight excluding hydrogens is 362 g/mol. The molecule has 120 valence electrons. The van der Waals surface area contributed by atoms with E-state index in [4.69, 9.17) is 14.2 Å². The summed E-state index contributed by atoms with van der Waals surface area (Å²) >= 11 is 3.42. The third kappa shape index (κ3) is 3.96. The summed E-state index contributed by atoms with van der Waals surface area (Å²) < 4.78 is 17.3. The number of anilines is 1. The molecule has 1 amide bonds. The van der Waals surface area contributed by atoms with Crippen LogP contribution in [0.4, 0.5) is 5.69 Å². The molecule has 1 aliphatic rings. The lowest BCUT2D eigenvalue weighted by Crippen LogP contribution is -2.21. The third-order valence-electron chi connectivity index (χ3n) is 3.27. The van der Waals surface area contributed by atoms with Crippen LogP contribution >= 0.6 is 15.9 Å². The van der Waals surface area contributed by atoms with Gasteiger partial charge >= 0.3 is 0 Å². The molecule has 0 spiro atoms.